The lowest BCUT2D eigenvalue weighted by Gasteiger charge is -2.08. The predicted molar refractivity (Wildman–Crippen MR) is 79.7 cm³/mol. The molecule has 0 aliphatic rings. The van der Waals surface area contributed by atoms with E-state index in [1.54, 1.807) is 12.1 Å². The van der Waals surface area contributed by atoms with Crippen molar-refractivity contribution in [2.75, 3.05) is 0 Å². The van der Waals surface area contributed by atoms with E-state index in [-0.39, 0.29) is 5.82 Å². The Bertz CT molecular complexity index is 723. The van der Waals surface area contributed by atoms with Gasteiger partial charge in [-0.1, -0.05) is 18.2 Å². The van der Waals surface area contributed by atoms with Gasteiger partial charge in [0.2, 0.25) is 0 Å². The highest BCUT2D eigenvalue weighted by Gasteiger charge is 2.13. The molecule has 3 aromatic rings. The number of aliphatic hydroxyl groups excluding tert-OH is 1. The molecular formula is C16H17FN4O. The molecule has 0 aliphatic heterocycles. The fourth-order valence-electron chi connectivity index (χ4n) is 2.48. The van der Waals surface area contributed by atoms with Gasteiger partial charge in [0, 0.05) is 18.8 Å². The number of aromatic amines is 2. The minimum atomic E-state index is -0.682. The number of H-pyrrole nitrogens is 2. The number of rotatable bonds is 6. The van der Waals surface area contributed by atoms with E-state index in [4.69, 9.17) is 0 Å². The number of benzene rings is 1. The maximum atomic E-state index is 13.7. The van der Waals surface area contributed by atoms with Crippen molar-refractivity contribution in [1.82, 2.24) is 20.2 Å². The zero-order valence-electron chi connectivity index (χ0n) is 12.0. The molecule has 0 aliphatic carbocycles. The molecule has 0 bridgehead atoms. The van der Waals surface area contributed by atoms with Gasteiger partial charge in [-0.25, -0.2) is 9.37 Å². The summed E-state index contributed by atoms with van der Waals surface area (Å²) < 4.78 is 13.7. The standard InChI is InChI=1S/C16H17FN4O/c17-14-4-2-1-3-11(14)7-13-9-18-8-12(13)5-6-15(22)16-19-10-20-21-16/h1-4,8-10,15,18,22H,5-7H2,(H,19,20,21). The molecule has 1 atom stereocenters. The third-order valence-corrected chi connectivity index (χ3v) is 3.70. The smallest absolute Gasteiger partial charge is 0.153 e. The lowest BCUT2D eigenvalue weighted by atomic mass is 10.00. The van der Waals surface area contributed by atoms with Crippen LogP contribution in [-0.4, -0.2) is 25.3 Å². The third kappa shape index (κ3) is 3.23. The Morgan fingerprint density at radius 1 is 1.14 bits per heavy atom. The summed E-state index contributed by atoms with van der Waals surface area (Å²) in [5, 5.41) is 16.4. The maximum Gasteiger partial charge on any atom is 0.153 e. The van der Waals surface area contributed by atoms with E-state index in [1.165, 1.54) is 12.4 Å². The number of halogens is 1. The molecule has 2 aromatic heterocycles. The Kier molecular flexibility index (Phi) is 4.29. The summed E-state index contributed by atoms with van der Waals surface area (Å²) in [5.41, 5.74) is 2.77. The van der Waals surface area contributed by atoms with Gasteiger partial charge in [0.1, 0.15) is 18.2 Å². The highest BCUT2D eigenvalue weighted by Crippen LogP contribution is 2.20. The largest absolute Gasteiger partial charge is 0.385 e. The van der Waals surface area contributed by atoms with Crippen molar-refractivity contribution in [1.29, 1.82) is 0 Å². The van der Waals surface area contributed by atoms with Gasteiger partial charge in [-0.15, -0.1) is 0 Å². The number of hydrogen-bond donors (Lipinski definition) is 3. The minimum Gasteiger partial charge on any atom is -0.385 e. The van der Waals surface area contributed by atoms with Gasteiger partial charge in [-0.2, -0.15) is 5.10 Å². The first kappa shape index (κ1) is 14.5. The van der Waals surface area contributed by atoms with Crippen molar-refractivity contribution < 1.29 is 9.50 Å². The summed E-state index contributed by atoms with van der Waals surface area (Å²) >= 11 is 0. The van der Waals surface area contributed by atoms with Gasteiger partial charge in [0.25, 0.3) is 0 Å². The van der Waals surface area contributed by atoms with Gasteiger partial charge < -0.3 is 10.1 Å². The highest BCUT2D eigenvalue weighted by atomic mass is 19.1. The van der Waals surface area contributed by atoms with Crippen molar-refractivity contribution in [2.45, 2.75) is 25.4 Å². The quantitative estimate of drug-likeness (QED) is 0.654. The van der Waals surface area contributed by atoms with Crippen LogP contribution in [-0.2, 0) is 12.8 Å². The molecule has 0 radical (unpaired) electrons. The van der Waals surface area contributed by atoms with E-state index in [2.05, 4.69) is 20.2 Å². The van der Waals surface area contributed by atoms with Gasteiger partial charge >= 0.3 is 0 Å². The average molecular weight is 300 g/mol. The van der Waals surface area contributed by atoms with Crippen LogP contribution in [0.4, 0.5) is 4.39 Å². The first-order valence-electron chi connectivity index (χ1n) is 7.15. The zero-order valence-corrected chi connectivity index (χ0v) is 12.0. The van der Waals surface area contributed by atoms with Crippen LogP contribution in [0, 0.1) is 5.82 Å². The lowest BCUT2D eigenvalue weighted by Crippen LogP contribution is -2.03. The Hall–Kier alpha value is -2.47. The number of aliphatic hydroxyl groups is 1. The fourth-order valence-corrected chi connectivity index (χ4v) is 2.48. The van der Waals surface area contributed by atoms with Crippen molar-refractivity contribution in [3.05, 3.63) is 71.3 Å². The number of nitrogens with one attached hydrogen (secondary N) is 2. The summed E-state index contributed by atoms with van der Waals surface area (Å²) in [5.74, 6) is 0.266. The second-order valence-corrected chi connectivity index (χ2v) is 5.20. The van der Waals surface area contributed by atoms with E-state index in [1.807, 2.05) is 18.5 Å². The average Bonchev–Trinajstić information content (AvgIpc) is 3.19. The highest BCUT2D eigenvalue weighted by molar-refractivity contribution is 5.31. The second kappa shape index (κ2) is 6.53. The Balaban J connectivity index is 1.66. The zero-order chi connectivity index (χ0) is 15.4. The summed E-state index contributed by atoms with van der Waals surface area (Å²) in [4.78, 5) is 7.00. The summed E-state index contributed by atoms with van der Waals surface area (Å²) in [7, 11) is 0. The van der Waals surface area contributed by atoms with Crippen LogP contribution in [0.15, 0.2) is 43.0 Å². The molecule has 1 unspecified atom stereocenters. The van der Waals surface area contributed by atoms with E-state index < -0.39 is 6.10 Å². The predicted octanol–water partition coefficient (Wildman–Crippen LogP) is 2.53. The molecule has 0 spiro atoms. The van der Waals surface area contributed by atoms with Gasteiger partial charge in [0.05, 0.1) is 0 Å². The first-order valence-corrected chi connectivity index (χ1v) is 7.15. The van der Waals surface area contributed by atoms with E-state index >= 15 is 0 Å². The van der Waals surface area contributed by atoms with Crippen LogP contribution in [0.5, 0.6) is 0 Å². The van der Waals surface area contributed by atoms with Crippen molar-refractivity contribution in [2.24, 2.45) is 0 Å². The van der Waals surface area contributed by atoms with Crippen LogP contribution in [0.2, 0.25) is 0 Å². The molecule has 0 saturated heterocycles. The van der Waals surface area contributed by atoms with Gasteiger partial charge in [0.15, 0.2) is 5.82 Å². The SMILES string of the molecule is OC(CCc1c[nH]cc1Cc1ccccc1F)c1ncn[nH]1. The molecule has 0 amide bonds. The van der Waals surface area contributed by atoms with Crippen molar-refractivity contribution in [3.63, 3.8) is 0 Å². The third-order valence-electron chi connectivity index (χ3n) is 3.70. The topological polar surface area (TPSA) is 77.6 Å². The van der Waals surface area contributed by atoms with Crippen molar-refractivity contribution >= 4 is 0 Å². The molecule has 22 heavy (non-hydrogen) atoms. The number of hydrogen-bond acceptors (Lipinski definition) is 3. The molecule has 1 aromatic carbocycles. The molecule has 3 rings (SSSR count). The molecule has 114 valence electrons. The van der Waals surface area contributed by atoms with Gasteiger partial charge in [-0.3, -0.25) is 5.10 Å². The maximum absolute atomic E-state index is 13.7. The molecule has 2 heterocycles. The van der Waals surface area contributed by atoms with Crippen LogP contribution in [0.3, 0.4) is 0 Å². The van der Waals surface area contributed by atoms with E-state index in [0.29, 0.717) is 30.7 Å². The normalized spacial score (nSPS) is 12.5. The van der Waals surface area contributed by atoms with E-state index in [9.17, 15) is 9.50 Å². The molecule has 0 fully saturated rings. The van der Waals surface area contributed by atoms with Crippen molar-refractivity contribution in [3.8, 4) is 0 Å². The molecule has 3 N–H and O–H groups in total. The first-order chi connectivity index (χ1) is 10.7. The summed E-state index contributed by atoms with van der Waals surface area (Å²) in [6.45, 7) is 0. The monoisotopic (exact) mass is 300 g/mol. The van der Waals surface area contributed by atoms with Crippen LogP contribution >= 0.6 is 0 Å². The Morgan fingerprint density at radius 3 is 2.73 bits per heavy atom. The Morgan fingerprint density at radius 2 is 1.95 bits per heavy atom. The molecule has 5 nitrogen and oxygen atoms in total. The van der Waals surface area contributed by atoms with Crippen LogP contribution in [0.25, 0.3) is 0 Å². The Labute approximate surface area is 127 Å². The summed E-state index contributed by atoms with van der Waals surface area (Å²) in [6.07, 6.45) is 6.19. The van der Waals surface area contributed by atoms with Gasteiger partial charge in [-0.05, 0) is 35.6 Å². The molecule has 6 heteroatoms. The van der Waals surface area contributed by atoms with Crippen LogP contribution in [0.1, 0.15) is 35.0 Å². The molecular weight excluding hydrogens is 283 g/mol. The number of aromatic nitrogens is 4. The van der Waals surface area contributed by atoms with E-state index in [0.717, 1.165) is 11.1 Å². The number of nitrogens with zero attached hydrogens (tertiary/aromatic N) is 2. The second-order valence-electron chi connectivity index (χ2n) is 5.20. The minimum absolute atomic E-state index is 0.198. The summed E-state index contributed by atoms with van der Waals surface area (Å²) in [6, 6.07) is 6.77. The van der Waals surface area contributed by atoms with Crippen LogP contribution < -0.4 is 0 Å². The number of aryl methyl sites for hydroxylation is 1. The lowest BCUT2D eigenvalue weighted by molar-refractivity contribution is 0.158. The molecule has 0 saturated carbocycles. The fraction of sp³-hybridized carbons (Fsp3) is 0.250.